The molecule has 0 saturated carbocycles. The molecule has 0 atom stereocenters. The number of rotatable bonds is 0. The first-order valence-corrected chi connectivity index (χ1v) is 4.26. The second kappa shape index (κ2) is 2.39. The fourth-order valence-corrected chi connectivity index (χ4v) is 1.75. The zero-order valence-electron chi connectivity index (χ0n) is 5.71. The molecule has 0 aliphatic heterocycles. The van der Waals surface area contributed by atoms with Gasteiger partial charge in [-0.25, -0.2) is 9.97 Å². The number of thiazole rings is 1. The Kier molecular flexibility index (Phi) is 1.51. The van der Waals surface area contributed by atoms with Crippen molar-refractivity contribution in [1.82, 2.24) is 15.0 Å². The van der Waals surface area contributed by atoms with Crippen molar-refractivity contribution < 1.29 is 0 Å². The van der Waals surface area contributed by atoms with Crippen molar-refractivity contribution in [1.29, 1.82) is 0 Å². The van der Waals surface area contributed by atoms with E-state index >= 15 is 0 Å². The summed E-state index contributed by atoms with van der Waals surface area (Å²) in [6.45, 7) is 1.90. The fraction of sp³-hybridized carbons (Fsp3) is 0.167. The van der Waals surface area contributed by atoms with Gasteiger partial charge in [-0.1, -0.05) is 0 Å². The molecule has 11 heavy (non-hydrogen) atoms. The Morgan fingerprint density at radius 2 is 2.27 bits per heavy atom. The third kappa shape index (κ3) is 1.08. The van der Waals surface area contributed by atoms with Crippen molar-refractivity contribution in [2.24, 2.45) is 0 Å². The summed E-state index contributed by atoms with van der Waals surface area (Å²) in [5.74, 6) is 0. The molecule has 0 saturated heterocycles. The lowest BCUT2D eigenvalue weighted by atomic mass is 10.4. The third-order valence-corrected chi connectivity index (χ3v) is 2.43. The summed E-state index contributed by atoms with van der Waals surface area (Å²) >= 11 is 7.15. The van der Waals surface area contributed by atoms with Crippen LogP contribution in [0.3, 0.4) is 0 Å². The quantitative estimate of drug-likeness (QED) is 0.590. The van der Waals surface area contributed by atoms with Gasteiger partial charge in [-0.3, -0.25) is 0 Å². The molecule has 0 amide bonds. The smallest absolute Gasteiger partial charge is 0.224 e. The molecule has 3 nitrogen and oxygen atoms in total. The molecule has 56 valence electrons. The van der Waals surface area contributed by atoms with Gasteiger partial charge in [0.1, 0.15) is 0 Å². The van der Waals surface area contributed by atoms with Crippen LogP contribution in [0, 0.1) is 6.92 Å². The Balaban J connectivity index is 2.91. The molecule has 5 heteroatoms. The predicted molar refractivity (Wildman–Crippen MR) is 45.0 cm³/mol. The maximum absolute atomic E-state index is 5.62. The summed E-state index contributed by atoms with van der Waals surface area (Å²) in [5, 5.41) is 0.265. The number of hydrogen-bond donors (Lipinski definition) is 0. The van der Waals surface area contributed by atoms with Crippen molar-refractivity contribution in [2.45, 2.75) is 6.92 Å². The van der Waals surface area contributed by atoms with E-state index in [1.807, 2.05) is 6.92 Å². The Bertz CT molecular complexity index is 398. The van der Waals surface area contributed by atoms with Crippen LogP contribution in [0.15, 0.2) is 5.51 Å². The first-order valence-electron chi connectivity index (χ1n) is 3.01. The number of fused-ring (bicyclic) bond motifs is 1. The monoisotopic (exact) mass is 185 g/mol. The number of hydrogen-bond acceptors (Lipinski definition) is 4. The molecule has 2 aromatic heterocycles. The van der Waals surface area contributed by atoms with E-state index in [1.165, 1.54) is 11.3 Å². The second-order valence-electron chi connectivity index (χ2n) is 2.08. The van der Waals surface area contributed by atoms with Gasteiger partial charge in [0.15, 0.2) is 5.65 Å². The highest BCUT2D eigenvalue weighted by atomic mass is 35.5. The predicted octanol–water partition coefficient (Wildman–Crippen LogP) is 2.05. The Labute approximate surface area is 72.1 Å². The molecule has 0 aromatic carbocycles. The van der Waals surface area contributed by atoms with Crippen LogP contribution in [0.4, 0.5) is 0 Å². The number of halogens is 1. The zero-order chi connectivity index (χ0) is 7.84. The largest absolute Gasteiger partial charge is 0.225 e. The van der Waals surface area contributed by atoms with Crippen LogP contribution in [-0.2, 0) is 0 Å². The van der Waals surface area contributed by atoms with E-state index in [1.54, 1.807) is 5.51 Å². The highest BCUT2D eigenvalue weighted by Crippen LogP contribution is 2.19. The molecule has 0 aliphatic rings. The summed E-state index contributed by atoms with van der Waals surface area (Å²) in [7, 11) is 0. The first kappa shape index (κ1) is 6.94. The van der Waals surface area contributed by atoms with E-state index < -0.39 is 0 Å². The van der Waals surface area contributed by atoms with Crippen molar-refractivity contribution in [3.05, 3.63) is 16.5 Å². The maximum atomic E-state index is 5.62. The highest BCUT2D eigenvalue weighted by molar-refractivity contribution is 7.16. The summed E-state index contributed by atoms with van der Waals surface area (Å²) < 4.78 is 1.01. The lowest BCUT2D eigenvalue weighted by Crippen LogP contribution is -1.86. The number of aryl methyl sites for hydroxylation is 1. The molecular weight excluding hydrogens is 182 g/mol. The Hall–Kier alpha value is -0.740. The summed E-state index contributed by atoms with van der Waals surface area (Å²) in [6.07, 6.45) is 0. The second-order valence-corrected chi connectivity index (χ2v) is 3.28. The highest BCUT2D eigenvalue weighted by Gasteiger charge is 2.03. The van der Waals surface area contributed by atoms with Gasteiger partial charge in [0.05, 0.1) is 15.9 Å². The van der Waals surface area contributed by atoms with E-state index in [-0.39, 0.29) is 5.28 Å². The van der Waals surface area contributed by atoms with Crippen LogP contribution < -0.4 is 0 Å². The molecule has 2 heterocycles. The zero-order valence-corrected chi connectivity index (χ0v) is 7.28. The maximum Gasteiger partial charge on any atom is 0.224 e. The molecule has 0 N–H and O–H groups in total. The van der Waals surface area contributed by atoms with Crippen molar-refractivity contribution in [2.75, 3.05) is 0 Å². The van der Waals surface area contributed by atoms with Gasteiger partial charge in [0.25, 0.3) is 0 Å². The van der Waals surface area contributed by atoms with E-state index in [0.717, 1.165) is 10.4 Å². The lowest BCUT2D eigenvalue weighted by molar-refractivity contribution is 1.14. The van der Waals surface area contributed by atoms with Gasteiger partial charge in [-0.15, -0.1) is 11.3 Å². The molecule has 0 spiro atoms. The van der Waals surface area contributed by atoms with E-state index in [4.69, 9.17) is 11.6 Å². The van der Waals surface area contributed by atoms with Crippen molar-refractivity contribution in [3.63, 3.8) is 0 Å². The molecule has 0 radical (unpaired) electrons. The number of aromatic nitrogens is 3. The standard InChI is InChI=1S/C6H4ClN3S/c1-3-4-5(8-2-11-4)10-6(7)9-3/h2H,1H3. The van der Waals surface area contributed by atoms with Gasteiger partial charge in [0, 0.05) is 0 Å². The van der Waals surface area contributed by atoms with Crippen LogP contribution in [0.1, 0.15) is 5.69 Å². The minimum atomic E-state index is 0.265. The van der Waals surface area contributed by atoms with Gasteiger partial charge >= 0.3 is 0 Å². The Morgan fingerprint density at radius 3 is 3.09 bits per heavy atom. The first-order chi connectivity index (χ1) is 5.27. The average molecular weight is 186 g/mol. The minimum absolute atomic E-state index is 0.265. The van der Waals surface area contributed by atoms with Gasteiger partial charge in [-0.05, 0) is 18.5 Å². The molecule has 2 aromatic rings. The van der Waals surface area contributed by atoms with Crippen LogP contribution in [0.5, 0.6) is 0 Å². The molecule has 0 aliphatic carbocycles. The average Bonchev–Trinajstić information content (AvgIpc) is 2.34. The topological polar surface area (TPSA) is 38.7 Å². The fourth-order valence-electron chi connectivity index (χ4n) is 0.869. The molecule has 2 rings (SSSR count). The van der Waals surface area contributed by atoms with E-state index in [9.17, 15) is 0 Å². The summed E-state index contributed by atoms with van der Waals surface area (Å²) in [5.41, 5.74) is 3.32. The molecular formula is C6H4ClN3S. The normalized spacial score (nSPS) is 10.7. The van der Waals surface area contributed by atoms with Crippen molar-refractivity contribution in [3.8, 4) is 0 Å². The van der Waals surface area contributed by atoms with Gasteiger partial charge in [0.2, 0.25) is 5.28 Å². The lowest BCUT2D eigenvalue weighted by Gasteiger charge is -1.92. The van der Waals surface area contributed by atoms with Crippen molar-refractivity contribution >= 4 is 33.3 Å². The molecule has 0 fully saturated rings. The van der Waals surface area contributed by atoms with E-state index in [2.05, 4.69) is 15.0 Å². The minimum Gasteiger partial charge on any atom is -0.225 e. The Morgan fingerprint density at radius 1 is 1.45 bits per heavy atom. The van der Waals surface area contributed by atoms with Gasteiger partial charge in [-0.2, -0.15) is 4.98 Å². The SMILES string of the molecule is Cc1nc(Cl)nc2ncsc12. The number of nitrogens with zero attached hydrogens (tertiary/aromatic N) is 3. The van der Waals surface area contributed by atoms with Crippen LogP contribution in [0.25, 0.3) is 10.3 Å². The molecule has 0 unspecified atom stereocenters. The summed E-state index contributed by atoms with van der Waals surface area (Å²) in [6, 6.07) is 0. The van der Waals surface area contributed by atoms with Crippen LogP contribution in [0.2, 0.25) is 5.28 Å². The third-order valence-electron chi connectivity index (χ3n) is 1.34. The van der Waals surface area contributed by atoms with Crippen LogP contribution >= 0.6 is 22.9 Å². The summed E-state index contributed by atoms with van der Waals surface area (Å²) in [4.78, 5) is 12.0. The van der Waals surface area contributed by atoms with E-state index in [0.29, 0.717) is 5.65 Å². The van der Waals surface area contributed by atoms with Gasteiger partial charge < -0.3 is 0 Å². The van der Waals surface area contributed by atoms with Crippen LogP contribution in [-0.4, -0.2) is 15.0 Å². The molecule has 0 bridgehead atoms.